The van der Waals surface area contributed by atoms with Gasteiger partial charge in [0, 0.05) is 20.2 Å². The first-order valence-electron chi connectivity index (χ1n) is 11.5. The molecular weight excluding hydrogens is 437 g/mol. The van der Waals surface area contributed by atoms with Crippen molar-refractivity contribution in [2.24, 2.45) is 11.8 Å². The molecule has 1 aliphatic carbocycles. The lowest BCUT2D eigenvalue weighted by Crippen LogP contribution is -2.34. The summed E-state index contributed by atoms with van der Waals surface area (Å²) in [6.07, 6.45) is 2.78. The molecule has 3 rings (SSSR count). The highest BCUT2D eigenvalue weighted by atomic mass is 19.1. The number of nitrogens with one attached hydrogen (secondary N) is 1. The van der Waals surface area contributed by atoms with Gasteiger partial charge < -0.3 is 19.7 Å². The molecule has 1 aromatic carbocycles. The summed E-state index contributed by atoms with van der Waals surface area (Å²) < 4.78 is 20.5. The third kappa shape index (κ3) is 6.45. The van der Waals surface area contributed by atoms with Crippen LogP contribution in [0.15, 0.2) is 24.3 Å². The molecule has 34 heavy (non-hydrogen) atoms. The first kappa shape index (κ1) is 25.4. The molecule has 2 aromatic rings. The average Bonchev–Trinajstić information content (AvgIpc) is 3.13. The smallest absolute Gasteiger partial charge is 0.306 e. The third-order valence-electron chi connectivity index (χ3n) is 6.37. The fraction of sp³-hybridized carbons (Fsp3) is 0.500. The van der Waals surface area contributed by atoms with E-state index in [1.165, 1.54) is 12.1 Å². The zero-order chi connectivity index (χ0) is 24.9. The number of carboxylic acids is 1. The molecule has 7 nitrogen and oxygen atoms in total. The number of aryl methyl sites for hydroxylation is 1. The van der Waals surface area contributed by atoms with Crippen molar-refractivity contribution in [2.45, 2.75) is 58.6 Å². The number of benzene rings is 1. The Kier molecular flexibility index (Phi) is 8.11. The van der Waals surface area contributed by atoms with E-state index in [2.05, 4.69) is 22.1 Å². The maximum absolute atomic E-state index is 13.4. The number of carbonyl (C=O) groups is 2. The Hall–Kier alpha value is -3.18. The van der Waals surface area contributed by atoms with Crippen LogP contribution in [0.2, 0.25) is 0 Å². The number of amides is 1. The van der Waals surface area contributed by atoms with Gasteiger partial charge in [0.05, 0.1) is 5.92 Å². The minimum atomic E-state index is -0.746. The molecule has 0 aliphatic heterocycles. The maximum Gasteiger partial charge on any atom is 0.306 e. The summed E-state index contributed by atoms with van der Waals surface area (Å²) >= 11 is 0. The third-order valence-corrected chi connectivity index (χ3v) is 6.37. The minimum Gasteiger partial charge on any atom is -0.481 e. The maximum atomic E-state index is 13.4. The normalized spacial score (nSPS) is 18.1. The van der Waals surface area contributed by atoms with Crippen molar-refractivity contribution in [1.82, 2.24) is 14.9 Å². The molecule has 0 atom stereocenters. The van der Waals surface area contributed by atoms with E-state index in [-0.39, 0.29) is 23.6 Å². The summed E-state index contributed by atoms with van der Waals surface area (Å²) in [5, 5.41) is 12.2. The van der Waals surface area contributed by atoms with Crippen LogP contribution in [0.5, 0.6) is 0 Å². The largest absolute Gasteiger partial charge is 0.481 e. The molecule has 1 aromatic heterocycles. The summed E-state index contributed by atoms with van der Waals surface area (Å²) in [5.74, 6) is 5.23. The van der Waals surface area contributed by atoms with Crippen LogP contribution in [-0.4, -0.2) is 45.8 Å². The molecule has 1 heterocycles. The SMILES string of the molecule is COC(C)(C)C#Cc1nc(C)n(Cc2ccc(F)cc2)c1C(=O)NC[C@H]1CC[C@H](C(=O)O)CC1. The summed E-state index contributed by atoms with van der Waals surface area (Å²) in [6, 6.07) is 6.13. The number of hydrogen-bond donors (Lipinski definition) is 2. The molecule has 0 bridgehead atoms. The van der Waals surface area contributed by atoms with Crippen LogP contribution in [0, 0.1) is 36.4 Å². The van der Waals surface area contributed by atoms with Crippen molar-refractivity contribution >= 4 is 11.9 Å². The predicted molar refractivity (Wildman–Crippen MR) is 126 cm³/mol. The van der Waals surface area contributed by atoms with Gasteiger partial charge in [-0.05, 0) is 76.0 Å². The predicted octanol–water partition coefficient (Wildman–Crippen LogP) is 3.78. The van der Waals surface area contributed by atoms with Gasteiger partial charge in [0.15, 0.2) is 0 Å². The zero-order valence-electron chi connectivity index (χ0n) is 20.2. The molecule has 0 saturated heterocycles. The van der Waals surface area contributed by atoms with Gasteiger partial charge in [-0.25, -0.2) is 9.37 Å². The molecular formula is C26H32FN3O4. The highest BCUT2D eigenvalue weighted by Crippen LogP contribution is 2.28. The first-order valence-corrected chi connectivity index (χ1v) is 11.5. The Morgan fingerprint density at radius 1 is 1.24 bits per heavy atom. The van der Waals surface area contributed by atoms with E-state index in [4.69, 9.17) is 4.74 Å². The summed E-state index contributed by atoms with van der Waals surface area (Å²) in [7, 11) is 1.57. The van der Waals surface area contributed by atoms with Crippen LogP contribution in [-0.2, 0) is 16.1 Å². The van der Waals surface area contributed by atoms with Gasteiger partial charge in [0.1, 0.15) is 28.6 Å². The van der Waals surface area contributed by atoms with Gasteiger partial charge in [0.25, 0.3) is 5.91 Å². The zero-order valence-corrected chi connectivity index (χ0v) is 20.2. The van der Waals surface area contributed by atoms with E-state index >= 15 is 0 Å². The topological polar surface area (TPSA) is 93.5 Å². The van der Waals surface area contributed by atoms with Crippen molar-refractivity contribution in [3.63, 3.8) is 0 Å². The molecule has 1 saturated carbocycles. The number of carbonyl (C=O) groups excluding carboxylic acids is 1. The van der Waals surface area contributed by atoms with Gasteiger partial charge >= 0.3 is 5.97 Å². The summed E-state index contributed by atoms with van der Waals surface area (Å²) in [5.41, 5.74) is 0.836. The molecule has 0 spiro atoms. The van der Waals surface area contributed by atoms with Crippen molar-refractivity contribution in [1.29, 1.82) is 0 Å². The average molecular weight is 470 g/mol. The van der Waals surface area contributed by atoms with E-state index in [9.17, 15) is 19.1 Å². The lowest BCUT2D eigenvalue weighted by molar-refractivity contribution is -0.143. The minimum absolute atomic E-state index is 0.232. The van der Waals surface area contributed by atoms with Gasteiger partial charge in [-0.2, -0.15) is 0 Å². The van der Waals surface area contributed by atoms with Crippen molar-refractivity contribution in [3.05, 3.63) is 52.9 Å². The second-order valence-electron chi connectivity index (χ2n) is 9.30. The number of hydrogen-bond acceptors (Lipinski definition) is 4. The van der Waals surface area contributed by atoms with Crippen LogP contribution < -0.4 is 5.32 Å². The van der Waals surface area contributed by atoms with E-state index in [1.54, 1.807) is 30.7 Å². The van der Waals surface area contributed by atoms with E-state index in [0.717, 1.165) is 18.4 Å². The fourth-order valence-electron chi connectivity index (χ4n) is 4.04. The molecule has 2 N–H and O–H groups in total. The number of nitrogens with zero attached hydrogens (tertiary/aromatic N) is 2. The Morgan fingerprint density at radius 2 is 1.88 bits per heavy atom. The highest BCUT2D eigenvalue weighted by molar-refractivity contribution is 5.95. The van der Waals surface area contributed by atoms with E-state index in [1.807, 2.05) is 13.8 Å². The summed E-state index contributed by atoms with van der Waals surface area (Å²) in [4.78, 5) is 29.1. The second kappa shape index (κ2) is 10.8. The van der Waals surface area contributed by atoms with Gasteiger partial charge in [-0.15, -0.1) is 0 Å². The number of imidazole rings is 1. The van der Waals surface area contributed by atoms with Crippen LogP contribution in [0.1, 0.15) is 67.1 Å². The van der Waals surface area contributed by atoms with Crippen molar-refractivity contribution < 1.29 is 23.8 Å². The van der Waals surface area contributed by atoms with Crippen LogP contribution in [0.25, 0.3) is 0 Å². The number of halogens is 1. The highest BCUT2D eigenvalue weighted by Gasteiger charge is 2.27. The quantitative estimate of drug-likeness (QED) is 0.602. The number of ether oxygens (including phenoxy) is 1. The Balaban J connectivity index is 1.83. The van der Waals surface area contributed by atoms with Crippen LogP contribution in [0.3, 0.4) is 0 Å². The number of methoxy groups -OCH3 is 1. The van der Waals surface area contributed by atoms with Gasteiger partial charge in [-0.1, -0.05) is 18.1 Å². The van der Waals surface area contributed by atoms with Gasteiger partial charge in [0.2, 0.25) is 0 Å². The standard InChI is InChI=1S/C26H32FN3O4/c1-17-29-22(13-14-26(2,3)34-4)23(30(17)16-19-7-11-21(27)12-8-19)24(31)28-15-18-5-9-20(10-6-18)25(32)33/h7-8,11-12,18,20H,5-6,9-10,15-16H2,1-4H3,(H,28,31)(H,32,33)/t18-,20-. The van der Waals surface area contributed by atoms with Crippen molar-refractivity contribution in [2.75, 3.05) is 13.7 Å². The molecule has 0 unspecified atom stereocenters. The number of carboxylic acid groups (broad SMARTS) is 1. The second-order valence-corrected chi connectivity index (χ2v) is 9.30. The number of rotatable bonds is 7. The molecule has 8 heteroatoms. The summed E-state index contributed by atoms with van der Waals surface area (Å²) in [6.45, 7) is 6.27. The Bertz CT molecular complexity index is 1090. The Morgan fingerprint density at radius 3 is 2.47 bits per heavy atom. The van der Waals surface area contributed by atoms with Crippen LogP contribution >= 0.6 is 0 Å². The number of aliphatic carboxylic acids is 1. The monoisotopic (exact) mass is 469 g/mol. The van der Waals surface area contributed by atoms with E-state index in [0.29, 0.717) is 43.1 Å². The molecule has 182 valence electrons. The van der Waals surface area contributed by atoms with Crippen LogP contribution in [0.4, 0.5) is 4.39 Å². The molecule has 1 amide bonds. The number of aromatic nitrogens is 2. The first-order chi connectivity index (χ1) is 16.1. The molecule has 0 radical (unpaired) electrons. The lowest BCUT2D eigenvalue weighted by atomic mass is 9.82. The lowest BCUT2D eigenvalue weighted by Gasteiger charge is -2.26. The van der Waals surface area contributed by atoms with Crippen molar-refractivity contribution in [3.8, 4) is 11.8 Å². The van der Waals surface area contributed by atoms with Gasteiger partial charge in [-0.3, -0.25) is 9.59 Å². The molecule has 1 aliphatic rings. The fourth-order valence-corrected chi connectivity index (χ4v) is 4.04. The Labute approximate surface area is 199 Å². The molecule has 1 fully saturated rings. The van der Waals surface area contributed by atoms with E-state index < -0.39 is 11.6 Å².